The fraction of sp³-hybridized carbons (Fsp3) is 0.706. The molecule has 2 fully saturated rings. The molecule has 1 amide bonds. The number of sulfonamides is 1. The maximum atomic E-state index is 12.6. The molecule has 1 saturated carbocycles. The Labute approximate surface area is 164 Å². The maximum absolute atomic E-state index is 12.6. The minimum absolute atomic E-state index is 0.0464. The molecule has 0 aromatic carbocycles. The summed E-state index contributed by atoms with van der Waals surface area (Å²) in [6.45, 7) is 4.44. The quantitative estimate of drug-likeness (QED) is 0.795. The molecule has 2 aliphatic rings. The lowest BCUT2D eigenvalue weighted by Crippen LogP contribution is -2.52. The highest BCUT2D eigenvalue weighted by molar-refractivity contribution is 7.91. The van der Waals surface area contributed by atoms with E-state index in [0.29, 0.717) is 43.0 Å². The third-order valence-corrected chi connectivity index (χ3v) is 8.90. The molecule has 2 atom stereocenters. The molecule has 2 heterocycles. The summed E-state index contributed by atoms with van der Waals surface area (Å²) < 4.78 is 27.4. The number of carbonyl (C=O) groups excluding carboxylic acids is 1. The van der Waals surface area contributed by atoms with Gasteiger partial charge in [-0.1, -0.05) is 31.4 Å². The topological polar surface area (TPSA) is 69.7 Å². The van der Waals surface area contributed by atoms with E-state index in [4.69, 9.17) is 11.6 Å². The Balaban J connectivity index is 1.48. The first-order valence-electron chi connectivity index (χ1n) is 9.13. The smallest absolute Gasteiger partial charge is 0.252 e. The van der Waals surface area contributed by atoms with Crippen molar-refractivity contribution in [1.29, 1.82) is 0 Å². The van der Waals surface area contributed by atoms with Crippen LogP contribution in [-0.2, 0) is 14.8 Å². The number of nitrogens with one attached hydrogen (secondary N) is 1. The first-order chi connectivity index (χ1) is 12.4. The summed E-state index contributed by atoms with van der Waals surface area (Å²) in [6, 6.07) is 3.43. The summed E-state index contributed by atoms with van der Waals surface area (Å²) in [6.07, 6.45) is 4.66. The summed E-state index contributed by atoms with van der Waals surface area (Å²) in [5, 5.41) is 3.16. The van der Waals surface area contributed by atoms with Crippen LogP contribution < -0.4 is 5.32 Å². The van der Waals surface area contributed by atoms with E-state index in [0.717, 1.165) is 17.8 Å². The average Bonchev–Trinajstić information content (AvgIpc) is 3.05. The highest BCUT2D eigenvalue weighted by Gasteiger charge is 2.30. The molecule has 26 heavy (non-hydrogen) atoms. The second-order valence-electron chi connectivity index (χ2n) is 7.17. The fourth-order valence-electron chi connectivity index (χ4n) is 3.68. The van der Waals surface area contributed by atoms with E-state index < -0.39 is 10.0 Å². The molecule has 3 rings (SSSR count). The minimum Gasteiger partial charge on any atom is -0.352 e. The van der Waals surface area contributed by atoms with E-state index in [2.05, 4.69) is 12.2 Å². The van der Waals surface area contributed by atoms with Gasteiger partial charge in [0.1, 0.15) is 4.21 Å². The Morgan fingerprint density at radius 2 is 1.92 bits per heavy atom. The highest BCUT2D eigenvalue weighted by Crippen LogP contribution is 2.28. The van der Waals surface area contributed by atoms with Gasteiger partial charge in [-0.25, -0.2) is 8.42 Å². The third-order valence-electron chi connectivity index (χ3n) is 5.30. The molecule has 0 bridgehead atoms. The zero-order valence-corrected chi connectivity index (χ0v) is 17.4. The van der Waals surface area contributed by atoms with Crippen LogP contribution in [0.2, 0.25) is 4.34 Å². The lowest BCUT2D eigenvalue weighted by Gasteiger charge is -2.34. The van der Waals surface area contributed by atoms with Crippen LogP contribution in [0.25, 0.3) is 0 Å². The van der Waals surface area contributed by atoms with Gasteiger partial charge in [0.25, 0.3) is 10.0 Å². The van der Waals surface area contributed by atoms with Crippen LogP contribution in [0.3, 0.4) is 0 Å². The van der Waals surface area contributed by atoms with Crippen molar-refractivity contribution in [1.82, 2.24) is 14.5 Å². The van der Waals surface area contributed by atoms with Crippen molar-refractivity contribution in [3.05, 3.63) is 16.5 Å². The molecule has 146 valence electrons. The van der Waals surface area contributed by atoms with Crippen LogP contribution in [0, 0.1) is 5.92 Å². The number of hydrogen-bond acceptors (Lipinski definition) is 5. The Kier molecular flexibility index (Phi) is 6.61. The van der Waals surface area contributed by atoms with Crippen LogP contribution in [0.1, 0.15) is 32.6 Å². The number of thiophene rings is 1. The van der Waals surface area contributed by atoms with Gasteiger partial charge in [0.15, 0.2) is 0 Å². The zero-order valence-electron chi connectivity index (χ0n) is 15.0. The van der Waals surface area contributed by atoms with E-state index in [1.807, 2.05) is 4.90 Å². The van der Waals surface area contributed by atoms with E-state index in [1.54, 1.807) is 12.1 Å². The number of halogens is 1. The maximum Gasteiger partial charge on any atom is 0.252 e. The molecule has 6 nitrogen and oxygen atoms in total. The lowest BCUT2D eigenvalue weighted by atomic mass is 9.86. The molecule has 1 aromatic rings. The first-order valence-corrected chi connectivity index (χ1v) is 11.8. The highest BCUT2D eigenvalue weighted by atomic mass is 35.5. The Bertz CT molecular complexity index is 729. The molecule has 0 unspecified atom stereocenters. The van der Waals surface area contributed by atoms with Crippen molar-refractivity contribution in [2.45, 2.75) is 42.9 Å². The van der Waals surface area contributed by atoms with Crippen LogP contribution in [0.4, 0.5) is 0 Å². The Morgan fingerprint density at radius 3 is 2.54 bits per heavy atom. The fourth-order valence-corrected chi connectivity index (χ4v) is 6.74. The minimum atomic E-state index is -3.48. The van der Waals surface area contributed by atoms with Crippen molar-refractivity contribution < 1.29 is 13.2 Å². The van der Waals surface area contributed by atoms with Gasteiger partial charge in [0.05, 0.1) is 10.9 Å². The molecule has 1 saturated heterocycles. The summed E-state index contributed by atoms with van der Waals surface area (Å²) in [5.74, 6) is 0.581. The third kappa shape index (κ3) is 4.78. The number of carbonyl (C=O) groups is 1. The van der Waals surface area contributed by atoms with Gasteiger partial charge in [-0.15, -0.1) is 11.3 Å². The van der Waals surface area contributed by atoms with Crippen molar-refractivity contribution in [3.63, 3.8) is 0 Å². The first kappa shape index (κ1) is 20.1. The number of rotatable bonds is 5. The molecule has 1 aliphatic carbocycles. The molecule has 9 heteroatoms. The Hall–Kier alpha value is -0.670. The van der Waals surface area contributed by atoms with Gasteiger partial charge in [0.2, 0.25) is 5.91 Å². The monoisotopic (exact) mass is 419 g/mol. The van der Waals surface area contributed by atoms with Gasteiger partial charge < -0.3 is 5.32 Å². The van der Waals surface area contributed by atoms with Crippen LogP contribution in [-0.4, -0.2) is 62.3 Å². The van der Waals surface area contributed by atoms with Gasteiger partial charge in [-0.3, -0.25) is 9.69 Å². The molecule has 1 aliphatic heterocycles. The van der Waals surface area contributed by atoms with Crippen molar-refractivity contribution in [2.75, 3.05) is 32.7 Å². The van der Waals surface area contributed by atoms with E-state index >= 15 is 0 Å². The largest absolute Gasteiger partial charge is 0.352 e. The predicted molar refractivity (Wildman–Crippen MR) is 104 cm³/mol. The molecule has 1 aromatic heterocycles. The lowest BCUT2D eigenvalue weighted by molar-refractivity contribution is -0.123. The van der Waals surface area contributed by atoms with Gasteiger partial charge in [-0.05, 0) is 30.9 Å². The molecule has 0 spiro atoms. The standard InChI is InChI=1S/C17H26ClN3O3S2/c1-13-4-2-3-5-14(13)19-16(22)12-20-8-10-21(11-9-20)26(23,24)17-7-6-15(18)25-17/h6-7,13-14H,2-5,8-12H2,1H3,(H,19,22)/t13-,14-/m0/s1. The zero-order chi connectivity index (χ0) is 18.7. The number of amides is 1. The second kappa shape index (κ2) is 8.56. The van der Waals surface area contributed by atoms with Crippen LogP contribution >= 0.6 is 22.9 Å². The van der Waals surface area contributed by atoms with Gasteiger partial charge in [0, 0.05) is 32.2 Å². The number of nitrogens with zero attached hydrogens (tertiary/aromatic N) is 2. The molecular formula is C17H26ClN3O3S2. The SMILES string of the molecule is C[C@H]1CCCC[C@@H]1NC(=O)CN1CCN(S(=O)(=O)c2ccc(Cl)s2)CC1. The van der Waals surface area contributed by atoms with Gasteiger partial charge >= 0.3 is 0 Å². The molecular weight excluding hydrogens is 394 g/mol. The second-order valence-corrected chi connectivity index (χ2v) is 11.1. The predicted octanol–water partition coefficient (Wildman–Crippen LogP) is 2.40. The molecule has 0 radical (unpaired) electrons. The van der Waals surface area contributed by atoms with Crippen molar-refractivity contribution in [3.8, 4) is 0 Å². The van der Waals surface area contributed by atoms with Crippen molar-refractivity contribution >= 4 is 38.9 Å². The summed E-state index contributed by atoms with van der Waals surface area (Å²) >= 11 is 6.94. The van der Waals surface area contributed by atoms with E-state index in [9.17, 15) is 13.2 Å². The summed E-state index contributed by atoms with van der Waals surface area (Å²) in [7, 11) is -3.48. The summed E-state index contributed by atoms with van der Waals surface area (Å²) in [4.78, 5) is 14.4. The average molecular weight is 420 g/mol. The van der Waals surface area contributed by atoms with Crippen LogP contribution in [0.5, 0.6) is 0 Å². The normalized spacial score (nSPS) is 25.9. The van der Waals surface area contributed by atoms with Crippen molar-refractivity contribution in [2.24, 2.45) is 5.92 Å². The Morgan fingerprint density at radius 1 is 1.23 bits per heavy atom. The van der Waals surface area contributed by atoms with Crippen LogP contribution in [0.15, 0.2) is 16.3 Å². The number of hydrogen-bond donors (Lipinski definition) is 1. The van der Waals surface area contributed by atoms with Gasteiger partial charge in [-0.2, -0.15) is 4.31 Å². The molecule has 1 N–H and O–H groups in total. The number of piperazine rings is 1. The van der Waals surface area contributed by atoms with E-state index in [1.165, 1.54) is 23.6 Å². The van der Waals surface area contributed by atoms with E-state index in [-0.39, 0.29) is 16.2 Å². The summed E-state index contributed by atoms with van der Waals surface area (Å²) in [5.41, 5.74) is 0.